The Labute approximate surface area is 159 Å². The Balaban J connectivity index is 1.58. The van der Waals surface area contributed by atoms with Gasteiger partial charge in [-0.2, -0.15) is 0 Å². The SMILES string of the molecule is Cc1cc(S(=O)(=O)Nc2ccc(NCCC3=CCCCC3)nn2)ccc1F. The number of sulfonamides is 1. The van der Waals surface area contributed by atoms with Crippen LogP contribution in [0.4, 0.5) is 16.0 Å². The second kappa shape index (κ2) is 8.47. The van der Waals surface area contributed by atoms with Crippen LogP contribution in [0.1, 0.15) is 37.7 Å². The van der Waals surface area contributed by atoms with E-state index in [2.05, 4.69) is 26.3 Å². The molecule has 8 heteroatoms. The minimum atomic E-state index is -3.84. The summed E-state index contributed by atoms with van der Waals surface area (Å²) in [7, 11) is -3.84. The molecule has 1 aromatic carbocycles. The fraction of sp³-hybridized carbons (Fsp3) is 0.368. The Bertz CT molecular complexity index is 927. The van der Waals surface area contributed by atoms with Crippen molar-refractivity contribution in [2.75, 3.05) is 16.6 Å². The zero-order valence-electron chi connectivity index (χ0n) is 15.2. The molecule has 0 bridgehead atoms. The normalized spacial score (nSPS) is 14.5. The van der Waals surface area contributed by atoms with Gasteiger partial charge in [-0.05, 0) is 74.9 Å². The van der Waals surface area contributed by atoms with Crippen molar-refractivity contribution in [2.24, 2.45) is 0 Å². The van der Waals surface area contributed by atoms with E-state index in [0.29, 0.717) is 5.82 Å². The Kier molecular flexibility index (Phi) is 6.05. The highest BCUT2D eigenvalue weighted by Crippen LogP contribution is 2.20. The Morgan fingerprint density at radius 2 is 1.89 bits per heavy atom. The van der Waals surface area contributed by atoms with Gasteiger partial charge in [0.1, 0.15) is 11.6 Å². The Hall–Kier alpha value is -2.48. The molecule has 0 atom stereocenters. The van der Waals surface area contributed by atoms with Crippen LogP contribution in [-0.2, 0) is 10.0 Å². The second-order valence-corrected chi connectivity index (χ2v) is 8.29. The maximum Gasteiger partial charge on any atom is 0.263 e. The van der Waals surface area contributed by atoms with Crippen LogP contribution in [0.5, 0.6) is 0 Å². The molecule has 0 unspecified atom stereocenters. The highest BCUT2D eigenvalue weighted by Gasteiger charge is 2.16. The maximum atomic E-state index is 13.3. The van der Waals surface area contributed by atoms with Crippen LogP contribution >= 0.6 is 0 Å². The van der Waals surface area contributed by atoms with Crippen molar-refractivity contribution in [3.63, 3.8) is 0 Å². The number of benzene rings is 1. The van der Waals surface area contributed by atoms with Crippen molar-refractivity contribution in [3.05, 3.63) is 53.4 Å². The summed E-state index contributed by atoms with van der Waals surface area (Å²) in [5, 5.41) is 11.1. The molecule has 0 aliphatic heterocycles. The molecule has 3 rings (SSSR count). The zero-order chi connectivity index (χ0) is 19.3. The van der Waals surface area contributed by atoms with Crippen LogP contribution < -0.4 is 10.0 Å². The third-order valence-electron chi connectivity index (χ3n) is 4.48. The van der Waals surface area contributed by atoms with E-state index < -0.39 is 15.8 Å². The quantitative estimate of drug-likeness (QED) is 0.698. The van der Waals surface area contributed by atoms with Crippen LogP contribution in [0.15, 0.2) is 46.9 Å². The second-order valence-electron chi connectivity index (χ2n) is 6.61. The smallest absolute Gasteiger partial charge is 0.263 e. The molecule has 0 radical (unpaired) electrons. The molecule has 1 aliphatic carbocycles. The number of allylic oxidation sites excluding steroid dienone is 1. The predicted octanol–water partition coefficient (Wildman–Crippen LogP) is 4.03. The lowest BCUT2D eigenvalue weighted by molar-refractivity contribution is 0.598. The monoisotopic (exact) mass is 390 g/mol. The lowest BCUT2D eigenvalue weighted by Crippen LogP contribution is -2.15. The minimum absolute atomic E-state index is 0.0221. The molecule has 27 heavy (non-hydrogen) atoms. The van der Waals surface area contributed by atoms with Gasteiger partial charge in [0.05, 0.1) is 4.90 Å². The Morgan fingerprint density at radius 3 is 2.56 bits per heavy atom. The van der Waals surface area contributed by atoms with Gasteiger partial charge in [0, 0.05) is 6.54 Å². The van der Waals surface area contributed by atoms with E-state index in [1.54, 1.807) is 12.1 Å². The summed E-state index contributed by atoms with van der Waals surface area (Å²) < 4.78 is 40.4. The standard InChI is InChI=1S/C19H23FN4O2S/c1-14-13-16(7-8-17(14)20)27(25,26)24-19-10-9-18(22-23-19)21-12-11-15-5-3-2-4-6-15/h5,7-10,13H,2-4,6,11-12H2,1H3,(H,21,22)(H,23,24). The topological polar surface area (TPSA) is 84.0 Å². The first kappa shape index (κ1) is 19.3. The van der Waals surface area contributed by atoms with Crippen LogP contribution in [-0.4, -0.2) is 25.2 Å². The summed E-state index contributed by atoms with van der Waals surface area (Å²) in [6, 6.07) is 6.85. The average Bonchev–Trinajstić information content (AvgIpc) is 2.66. The highest BCUT2D eigenvalue weighted by molar-refractivity contribution is 7.92. The molecule has 0 spiro atoms. The van der Waals surface area contributed by atoms with Gasteiger partial charge in [-0.3, -0.25) is 4.72 Å². The number of anilines is 2. The lowest BCUT2D eigenvalue weighted by atomic mass is 9.97. The van der Waals surface area contributed by atoms with Gasteiger partial charge in [-0.15, -0.1) is 10.2 Å². The third kappa shape index (κ3) is 5.26. The Morgan fingerprint density at radius 1 is 1.11 bits per heavy atom. The molecule has 1 aliphatic rings. The van der Waals surface area contributed by atoms with Gasteiger partial charge in [0.25, 0.3) is 10.0 Å². The minimum Gasteiger partial charge on any atom is -0.368 e. The van der Waals surface area contributed by atoms with E-state index in [0.717, 1.165) is 31.9 Å². The number of aromatic nitrogens is 2. The maximum absolute atomic E-state index is 13.3. The molecule has 0 saturated heterocycles. The molecular formula is C19H23FN4O2S. The summed E-state index contributed by atoms with van der Waals surface area (Å²) in [5.74, 6) is 0.248. The van der Waals surface area contributed by atoms with Gasteiger partial charge in [0.15, 0.2) is 5.82 Å². The number of halogens is 1. The van der Waals surface area contributed by atoms with Gasteiger partial charge < -0.3 is 5.32 Å². The predicted molar refractivity (Wildman–Crippen MR) is 104 cm³/mol. The van der Waals surface area contributed by atoms with E-state index in [1.807, 2.05) is 0 Å². The largest absolute Gasteiger partial charge is 0.368 e. The van der Waals surface area contributed by atoms with Gasteiger partial charge in [0.2, 0.25) is 0 Å². The van der Waals surface area contributed by atoms with Crippen molar-refractivity contribution in [3.8, 4) is 0 Å². The van der Waals surface area contributed by atoms with E-state index in [4.69, 9.17) is 0 Å². The molecule has 0 saturated carbocycles. The van der Waals surface area contributed by atoms with Crippen LogP contribution in [0.3, 0.4) is 0 Å². The van der Waals surface area contributed by atoms with E-state index in [-0.39, 0.29) is 16.3 Å². The van der Waals surface area contributed by atoms with Crippen LogP contribution in [0.2, 0.25) is 0 Å². The molecule has 1 aromatic heterocycles. The molecule has 2 aromatic rings. The van der Waals surface area contributed by atoms with Crippen molar-refractivity contribution >= 4 is 21.7 Å². The van der Waals surface area contributed by atoms with E-state index in [1.165, 1.54) is 37.5 Å². The van der Waals surface area contributed by atoms with Gasteiger partial charge in [-0.1, -0.05) is 11.6 Å². The van der Waals surface area contributed by atoms with Gasteiger partial charge >= 0.3 is 0 Å². The van der Waals surface area contributed by atoms with Crippen LogP contribution in [0.25, 0.3) is 0 Å². The fourth-order valence-corrected chi connectivity index (χ4v) is 4.03. The first-order chi connectivity index (χ1) is 12.9. The molecule has 144 valence electrons. The van der Waals surface area contributed by atoms with Gasteiger partial charge in [-0.25, -0.2) is 12.8 Å². The zero-order valence-corrected chi connectivity index (χ0v) is 16.0. The summed E-state index contributed by atoms with van der Waals surface area (Å²) in [6.07, 6.45) is 8.14. The number of nitrogens with one attached hydrogen (secondary N) is 2. The lowest BCUT2D eigenvalue weighted by Gasteiger charge is -2.13. The highest BCUT2D eigenvalue weighted by atomic mass is 32.2. The molecule has 2 N–H and O–H groups in total. The molecular weight excluding hydrogens is 367 g/mol. The van der Waals surface area contributed by atoms with E-state index in [9.17, 15) is 12.8 Å². The number of aryl methyl sites for hydroxylation is 1. The van der Waals surface area contributed by atoms with Crippen LogP contribution in [0, 0.1) is 12.7 Å². The van der Waals surface area contributed by atoms with E-state index >= 15 is 0 Å². The number of hydrogen-bond acceptors (Lipinski definition) is 5. The summed E-state index contributed by atoms with van der Waals surface area (Å²) in [6.45, 7) is 2.28. The summed E-state index contributed by atoms with van der Waals surface area (Å²) in [5.41, 5.74) is 1.73. The van der Waals surface area contributed by atoms with Crippen molar-refractivity contribution in [1.82, 2.24) is 10.2 Å². The molecule has 6 nitrogen and oxygen atoms in total. The average molecular weight is 390 g/mol. The fourth-order valence-electron chi connectivity index (χ4n) is 2.94. The molecule has 0 amide bonds. The summed E-state index contributed by atoms with van der Waals surface area (Å²) >= 11 is 0. The first-order valence-corrected chi connectivity index (χ1v) is 10.5. The first-order valence-electron chi connectivity index (χ1n) is 8.98. The number of nitrogens with zero attached hydrogens (tertiary/aromatic N) is 2. The van der Waals surface area contributed by atoms with Crippen molar-refractivity contribution < 1.29 is 12.8 Å². The third-order valence-corrected chi connectivity index (χ3v) is 5.83. The molecule has 1 heterocycles. The van der Waals surface area contributed by atoms with Crippen molar-refractivity contribution in [1.29, 1.82) is 0 Å². The number of hydrogen-bond donors (Lipinski definition) is 2. The molecule has 0 fully saturated rings. The number of rotatable bonds is 7. The van der Waals surface area contributed by atoms with Crippen molar-refractivity contribution in [2.45, 2.75) is 43.9 Å². The summed E-state index contributed by atoms with van der Waals surface area (Å²) in [4.78, 5) is -0.0221.